The Morgan fingerprint density at radius 1 is 0.489 bits per heavy atom. The minimum Gasteiger partial charge on any atom is -0.461 e. The lowest BCUT2D eigenvalue weighted by atomic mass is 9.86. The number of hydrogen-bond donors (Lipinski definition) is 2. The highest BCUT2D eigenvalue weighted by Crippen LogP contribution is 2.25. The molecule has 0 bridgehead atoms. The molecule has 8 heteroatoms. The van der Waals surface area contributed by atoms with Gasteiger partial charge >= 0.3 is 11.9 Å². The van der Waals surface area contributed by atoms with Crippen LogP contribution in [0.4, 0.5) is 0 Å². The van der Waals surface area contributed by atoms with E-state index in [1.165, 1.54) is 0 Å². The predicted octanol–water partition coefficient (Wildman–Crippen LogP) is 6.51. The summed E-state index contributed by atoms with van der Waals surface area (Å²) in [6.07, 6.45) is 0.424. The van der Waals surface area contributed by atoms with Crippen LogP contribution in [-0.4, -0.2) is 50.1 Å². The van der Waals surface area contributed by atoms with E-state index < -0.39 is 34.6 Å². The number of benzene rings is 4. The van der Waals surface area contributed by atoms with Crippen molar-refractivity contribution in [2.24, 2.45) is 0 Å². The van der Waals surface area contributed by atoms with Crippen molar-refractivity contribution in [1.29, 1.82) is 0 Å². The van der Waals surface area contributed by atoms with Gasteiger partial charge in [-0.1, -0.05) is 113 Å². The molecule has 244 valence electrons. The molecular weight excluding hydrogens is 592 g/mol. The van der Waals surface area contributed by atoms with Crippen molar-refractivity contribution in [1.82, 2.24) is 10.6 Å². The van der Waals surface area contributed by atoms with Crippen LogP contribution in [-0.2, 0) is 20.3 Å². The SMILES string of the molecule is CC(C)(COC(=O)c1ccccc1C(=O)NCCCNC(=O)c1ccccc1C(=O)OCC(C)(C)c1ccccc1)c1ccccc1. The number of nitrogens with one attached hydrogen (secondary N) is 2. The maximum atomic E-state index is 13.0. The fraction of sp³-hybridized carbons (Fsp3) is 0.282. The number of hydrogen-bond acceptors (Lipinski definition) is 6. The van der Waals surface area contributed by atoms with Crippen molar-refractivity contribution in [2.45, 2.75) is 44.9 Å². The summed E-state index contributed by atoms with van der Waals surface area (Å²) < 4.78 is 11.3. The Morgan fingerprint density at radius 2 is 0.809 bits per heavy atom. The molecule has 2 amide bonds. The van der Waals surface area contributed by atoms with Crippen LogP contribution in [0.25, 0.3) is 0 Å². The molecule has 0 spiro atoms. The molecule has 0 saturated carbocycles. The zero-order valence-corrected chi connectivity index (χ0v) is 27.4. The zero-order valence-electron chi connectivity index (χ0n) is 27.4. The van der Waals surface area contributed by atoms with Crippen LogP contribution in [0.1, 0.15) is 86.7 Å². The van der Waals surface area contributed by atoms with Gasteiger partial charge in [-0.3, -0.25) is 9.59 Å². The lowest BCUT2D eigenvalue weighted by molar-refractivity contribution is 0.0417. The highest BCUT2D eigenvalue weighted by molar-refractivity contribution is 6.06. The van der Waals surface area contributed by atoms with Gasteiger partial charge < -0.3 is 20.1 Å². The van der Waals surface area contributed by atoms with Crippen LogP contribution in [0.5, 0.6) is 0 Å². The topological polar surface area (TPSA) is 111 Å². The maximum Gasteiger partial charge on any atom is 0.338 e. The summed E-state index contributed by atoms with van der Waals surface area (Å²) in [5.41, 5.74) is 2.05. The highest BCUT2D eigenvalue weighted by Gasteiger charge is 2.26. The molecule has 8 nitrogen and oxygen atoms in total. The van der Waals surface area contributed by atoms with Crippen molar-refractivity contribution in [2.75, 3.05) is 26.3 Å². The first-order valence-corrected chi connectivity index (χ1v) is 15.7. The van der Waals surface area contributed by atoms with E-state index in [1.807, 2.05) is 88.4 Å². The van der Waals surface area contributed by atoms with Crippen LogP contribution in [0.2, 0.25) is 0 Å². The van der Waals surface area contributed by atoms with Gasteiger partial charge in [-0.15, -0.1) is 0 Å². The van der Waals surface area contributed by atoms with Crippen molar-refractivity contribution >= 4 is 23.8 Å². The summed E-state index contributed by atoms with van der Waals surface area (Å²) in [6.45, 7) is 8.77. The first-order valence-electron chi connectivity index (χ1n) is 15.7. The normalized spacial score (nSPS) is 11.3. The first kappa shape index (κ1) is 34.6. The standard InChI is InChI=1S/C39H42N2O6/c1-38(2,28-16-7-5-8-17-28)26-46-36(44)32-22-13-11-20-30(32)34(42)40-24-15-25-41-35(43)31-21-12-14-23-33(31)37(45)47-27-39(3,4)29-18-9-6-10-19-29/h5-14,16-23H,15,24-27H2,1-4H3,(H,40,42)(H,41,43). The van der Waals surface area contributed by atoms with Gasteiger partial charge in [0, 0.05) is 23.9 Å². The maximum absolute atomic E-state index is 13.0. The Morgan fingerprint density at radius 3 is 1.17 bits per heavy atom. The second-order valence-corrected chi connectivity index (χ2v) is 12.6. The van der Waals surface area contributed by atoms with Gasteiger partial charge in [-0.05, 0) is 41.8 Å². The van der Waals surface area contributed by atoms with E-state index in [2.05, 4.69) is 10.6 Å². The van der Waals surface area contributed by atoms with Gasteiger partial charge in [0.25, 0.3) is 11.8 Å². The number of esters is 2. The monoisotopic (exact) mass is 634 g/mol. The minimum absolute atomic E-state index is 0.151. The fourth-order valence-corrected chi connectivity index (χ4v) is 4.99. The quantitative estimate of drug-likeness (QED) is 0.121. The molecule has 4 rings (SSSR count). The summed E-state index contributed by atoms with van der Waals surface area (Å²) in [5.74, 6) is -1.99. The Hall–Kier alpha value is -5.24. The summed E-state index contributed by atoms with van der Waals surface area (Å²) in [7, 11) is 0. The van der Waals surface area contributed by atoms with Crippen molar-refractivity contribution in [3.05, 3.63) is 143 Å². The zero-order chi connectivity index (χ0) is 33.9. The van der Waals surface area contributed by atoms with Crippen molar-refractivity contribution in [3.63, 3.8) is 0 Å². The van der Waals surface area contributed by atoms with E-state index in [-0.39, 0.29) is 48.6 Å². The molecule has 0 radical (unpaired) electrons. The lowest BCUT2D eigenvalue weighted by Crippen LogP contribution is -2.32. The highest BCUT2D eigenvalue weighted by atomic mass is 16.5. The second-order valence-electron chi connectivity index (χ2n) is 12.6. The van der Waals surface area contributed by atoms with E-state index in [0.29, 0.717) is 6.42 Å². The lowest BCUT2D eigenvalue weighted by Gasteiger charge is -2.25. The van der Waals surface area contributed by atoms with Crippen LogP contribution in [0, 0.1) is 0 Å². The van der Waals surface area contributed by atoms with Crippen molar-refractivity contribution in [3.8, 4) is 0 Å². The van der Waals surface area contributed by atoms with Crippen LogP contribution >= 0.6 is 0 Å². The largest absolute Gasteiger partial charge is 0.461 e. The molecule has 4 aromatic rings. The number of ether oxygens (including phenoxy) is 2. The number of carbonyl (C=O) groups is 4. The molecule has 4 aromatic carbocycles. The first-order chi connectivity index (χ1) is 22.5. The van der Waals surface area contributed by atoms with E-state index in [0.717, 1.165) is 11.1 Å². The molecule has 0 aliphatic heterocycles. The molecular formula is C39H42N2O6. The molecule has 0 unspecified atom stereocenters. The molecule has 0 aromatic heterocycles. The van der Waals surface area contributed by atoms with E-state index in [4.69, 9.17) is 9.47 Å². The molecule has 0 fully saturated rings. The third kappa shape index (κ3) is 9.39. The molecule has 47 heavy (non-hydrogen) atoms. The fourth-order valence-electron chi connectivity index (χ4n) is 4.99. The smallest absolute Gasteiger partial charge is 0.338 e. The average Bonchev–Trinajstić information content (AvgIpc) is 3.10. The van der Waals surface area contributed by atoms with Crippen molar-refractivity contribution < 1.29 is 28.7 Å². The third-order valence-electron chi connectivity index (χ3n) is 7.95. The van der Waals surface area contributed by atoms with Gasteiger partial charge in [0.1, 0.15) is 13.2 Å². The molecule has 2 N–H and O–H groups in total. The number of amides is 2. The average molecular weight is 635 g/mol. The molecule has 0 heterocycles. The van der Waals surface area contributed by atoms with Gasteiger partial charge in [0.2, 0.25) is 0 Å². The van der Waals surface area contributed by atoms with Gasteiger partial charge in [-0.25, -0.2) is 9.59 Å². The molecule has 0 aliphatic rings. The van der Waals surface area contributed by atoms with Crippen LogP contribution < -0.4 is 10.6 Å². The van der Waals surface area contributed by atoms with Crippen LogP contribution in [0.15, 0.2) is 109 Å². The summed E-state index contributed by atoms with van der Waals surface area (Å²) >= 11 is 0. The van der Waals surface area contributed by atoms with Crippen LogP contribution in [0.3, 0.4) is 0 Å². The second kappa shape index (κ2) is 15.9. The molecule has 0 saturated heterocycles. The van der Waals surface area contributed by atoms with Gasteiger partial charge in [0.15, 0.2) is 0 Å². The summed E-state index contributed by atoms with van der Waals surface area (Å²) in [5, 5.41) is 5.62. The predicted molar refractivity (Wildman–Crippen MR) is 182 cm³/mol. The van der Waals surface area contributed by atoms with Gasteiger partial charge in [-0.2, -0.15) is 0 Å². The van der Waals surface area contributed by atoms with E-state index in [9.17, 15) is 19.2 Å². The Labute approximate surface area is 276 Å². The van der Waals surface area contributed by atoms with E-state index >= 15 is 0 Å². The Balaban J connectivity index is 1.26. The number of carbonyl (C=O) groups excluding carboxylic acids is 4. The third-order valence-corrected chi connectivity index (χ3v) is 7.95. The summed E-state index contributed by atoms with van der Waals surface area (Å²) in [6, 6.07) is 32.6. The Bertz CT molecular complexity index is 1560. The molecule has 0 aliphatic carbocycles. The van der Waals surface area contributed by atoms with Gasteiger partial charge in [0.05, 0.1) is 22.3 Å². The Kier molecular flexibility index (Phi) is 11.7. The molecule has 0 atom stereocenters. The summed E-state index contributed by atoms with van der Waals surface area (Å²) in [4.78, 5) is 52.0. The van der Waals surface area contributed by atoms with E-state index in [1.54, 1.807) is 48.5 Å². The number of rotatable bonds is 14. The minimum atomic E-state index is -0.576.